The second-order valence-corrected chi connectivity index (χ2v) is 6.72. The molecular weight excluding hydrogens is 394 g/mol. The average Bonchev–Trinajstić information content (AvgIpc) is 3.19. The highest BCUT2D eigenvalue weighted by atomic mass is 35.5. The summed E-state index contributed by atoms with van der Waals surface area (Å²) in [6.07, 6.45) is 1.76. The van der Waals surface area contributed by atoms with Gasteiger partial charge in [0.25, 0.3) is 5.91 Å². The summed E-state index contributed by atoms with van der Waals surface area (Å²) in [4.78, 5) is 12.5. The van der Waals surface area contributed by atoms with Crippen LogP contribution in [0.2, 0.25) is 5.02 Å². The van der Waals surface area contributed by atoms with E-state index < -0.39 is 0 Å². The first kappa shape index (κ1) is 20.7. The first-order valence-electron chi connectivity index (χ1n) is 9.41. The van der Waals surface area contributed by atoms with E-state index in [4.69, 9.17) is 25.7 Å². The van der Waals surface area contributed by atoms with Gasteiger partial charge in [0.15, 0.2) is 17.2 Å². The minimum atomic E-state index is -0.366. The average molecular weight is 416 g/mol. The fourth-order valence-electron chi connectivity index (χ4n) is 2.58. The standard InChI is InChI=1S/C21H22ClN3O4/c1-3-10-27-17-9-8-14(13-18(17)28-11-4-2)19-20(25-29-24-19)23-21(26)15-6-5-7-16(22)12-15/h5-9,12-13H,3-4,10-11H2,1-2H3,(H,23,25,26). The summed E-state index contributed by atoms with van der Waals surface area (Å²) in [6, 6.07) is 12.1. The Labute approximate surface area is 173 Å². The molecule has 0 aliphatic heterocycles. The van der Waals surface area contributed by atoms with Gasteiger partial charge in [0, 0.05) is 16.1 Å². The zero-order chi connectivity index (χ0) is 20.6. The SMILES string of the molecule is CCCOc1ccc(-c2nonc2NC(=O)c2cccc(Cl)c2)cc1OCCC. The van der Waals surface area contributed by atoms with E-state index in [1.165, 1.54) is 0 Å². The van der Waals surface area contributed by atoms with Gasteiger partial charge in [0.1, 0.15) is 0 Å². The Morgan fingerprint density at radius 1 is 1.03 bits per heavy atom. The maximum Gasteiger partial charge on any atom is 0.257 e. The zero-order valence-electron chi connectivity index (χ0n) is 16.3. The molecule has 0 spiro atoms. The van der Waals surface area contributed by atoms with Crippen LogP contribution in [0.5, 0.6) is 11.5 Å². The quantitative estimate of drug-likeness (QED) is 0.515. The topological polar surface area (TPSA) is 86.5 Å². The number of benzene rings is 2. The molecule has 1 aromatic heterocycles. The second kappa shape index (κ2) is 9.93. The van der Waals surface area contributed by atoms with Crippen LogP contribution in [0.15, 0.2) is 47.1 Å². The van der Waals surface area contributed by atoms with Crippen molar-refractivity contribution in [2.45, 2.75) is 26.7 Å². The lowest BCUT2D eigenvalue weighted by Gasteiger charge is -2.13. The maximum atomic E-state index is 12.5. The molecule has 2 aromatic carbocycles. The highest BCUT2D eigenvalue weighted by molar-refractivity contribution is 6.31. The van der Waals surface area contributed by atoms with Gasteiger partial charge >= 0.3 is 0 Å². The molecule has 0 saturated heterocycles. The number of halogens is 1. The van der Waals surface area contributed by atoms with Crippen LogP contribution in [0.25, 0.3) is 11.3 Å². The van der Waals surface area contributed by atoms with Crippen molar-refractivity contribution < 1.29 is 18.9 Å². The summed E-state index contributed by atoms with van der Waals surface area (Å²) in [5.41, 5.74) is 1.48. The van der Waals surface area contributed by atoms with E-state index in [9.17, 15) is 4.79 Å². The van der Waals surface area contributed by atoms with Gasteiger partial charge in [-0.15, -0.1) is 0 Å². The summed E-state index contributed by atoms with van der Waals surface area (Å²) in [7, 11) is 0. The molecule has 0 bridgehead atoms. The third-order valence-corrected chi connectivity index (χ3v) is 4.18. The van der Waals surface area contributed by atoms with E-state index in [0.717, 1.165) is 12.8 Å². The molecule has 0 radical (unpaired) electrons. The van der Waals surface area contributed by atoms with Gasteiger partial charge in [-0.1, -0.05) is 31.5 Å². The first-order chi connectivity index (χ1) is 14.1. The van der Waals surface area contributed by atoms with Crippen molar-refractivity contribution in [2.75, 3.05) is 18.5 Å². The zero-order valence-corrected chi connectivity index (χ0v) is 17.0. The predicted octanol–water partition coefficient (Wildman–Crippen LogP) is 5.22. The Morgan fingerprint density at radius 3 is 2.52 bits per heavy atom. The molecule has 0 saturated carbocycles. The van der Waals surface area contributed by atoms with Gasteiger partial charge in [-0.2, -0.15) is 0 Å². The molecule has 0 aliphatic carbocycles. The van der Waals surface area contributed by atoms with Crippen LogP contribution in [-0.4, -0.2) is 29.4 Å². The Morgan fingerprint density at radius 2 is 1.79 bits per heavy atom. The Bertz CT molecular complexity index is 974. The van der Waals surface area contributed by atoms with Crippen LogP contribution in [0, 0.1) is 0 Å². The van der Waals surface area contributed by atoms with E-state index in [2.05, 4.69) is 15.6 Å². The van der Waals surface area contributed by atoms with Gasteiger partial charge in [-0.05, 0) is 59.6 Å². The number of carbonyl (C=O) groups is 1. The lowest BCUT2D eigenvalue weighted by atomic mass is 10.1. The number of anilines is 1. The molecule has 1 heterocycles. The minimum absolute atomic E-state index is 0.207. The Hall–Kier alpha value is -3.06. The van der Waals surface area contributed by atoms with Gasteiger partial charge in [-0.25, -0.2) is 4.63 Å². The molecule has 3 rings (SSSR count). The summed E-state index contributed by atoms with van der Waals surface area (Å²) < 4.78 is 16.4. The molecule has 0 atom stereocenters. The number of nitrogens with one attached hydrogen (secondary N) is 1. The van der Waals surface area contributed by atoms with Gasteiger partial charge in [0.2, 0.25) is 5.82 Å². The van der Waals surface area contributed by atoms with Crippen molar-refractivity contribution in [1.82, 2.24) is 10.3 Å². The molecule has 8 heteroatoms. The van der Waals surface area contributed by atoms with Crippen molar-refractivity contribution >= 4 is 23.3 Å². The normalized spacial score (nSPS) is 10.6. The molecule has 152 valence electrons. The number of carbonyl (C=O) groups excluding carboxylic acids is 1. The highest BCUT2D eigenvalue weighted by Gasteiger charge is 2.18. The van der Waals surface area contributed by atoms with E-state index >= 15 is 0 Å². The number of ether oxygens (including phenoxy) is 2. The highest BCUT2D eigenvalue weighted by Crippen LogP contribution is 2.34. The monoisotopic (exact) mass is 415 g/mol. The smallest absolute Gasteiger partial charge is 0.257 e. The van der Waals surface area contributed by atoms with Crippen molar-refractivity contribution in [2.24, 2.45) is 0 Å². The molecule has 7 nitrogen and oxygen atoms in total. The van der Waals surface area contributed by atoms with Crippen LogP contribution in [0.1, 0.15) is 37.0 Å². The van der Waals surface area contributed by atoms with E-state index in [1.54, 1.807) is 30.3 Å². The molecule has 0 aliphatic rings. The third-order valence-electron chi connectivity index (χ3n) is 3.95. The van der Waals surface area contributed by atoms with Crippen molar-refractivity contribution in [3.05, 3.63) is 53.1 Å². The number of hydrogen-bond acceptors (Lipinski definition) is 6. The van der Waals surface area contributed by atoms with Crippen LogP contribution < -0.4 is 14.8 Å². The third kappa shape index (κ3) is 5.26. The number of aromatic nitrogens is 2. The minimum Gasteiger partial charge on any atom is -0.490 e. The van der Waals surface area contributed by atoms with Crippen LogP contribution in [-0.2, 0) is 0 Å². The lowest BCUT2D eigenvalue weighted by molar-refractivity contribution is 0.102. The number of amides is 1. The molecule has 29 heavy (non-hydrogen) atoms. The van der Waals surface area contributed by atoms with Crippen LogP contribution in [0.4, 0.5) is 5.82 Å². The van der Waals surface area contributed by atoms with Gasteiger partial charge in [-0.3, -0.25) is 4.79 Å². The largest absolute Gasteiger partial charge is 0.490 e. The Kier molecular flexibility index (Phi) is 7.08. The van der Waals surface area contributed by atoms with E-state index in [-0.39, 0.29) is 11.7 Å². The maximum absolute atomic E-state index is 12.5. The van der Waals surface area contributed by atoms with E-state index in [0.29, 0.717) is 46.6 Å². The lowest BCUT2D eigenvalue weighted by Crippen LogP contribution is -2.12. The predicted molar refractivity (Wildman–Crippen MR) is 111 cm³/mol. The number of rotatable bonds is 9. The number of hydrogen-bond donors (Lipinski definition) is 1. The molecule has 1 N–H and O–H groups in total. The fourth-order valence-corrected chi connectivity index (χ4v) is 2.77. The van der Waals surface area contributed by atoms with Gasteiger partial charge in [0.05, 0.1) is 13.2 Å². The summed E-state index contributed by atoms with van der Waals surface area (Å²) in [6.45, 7) is 5.22. The summed E-state index contributed by atoms with van der Waals surface area (Å²) in [5.74, 6) is 1.10. The molecule has 1 amide bonds. The van der Waals surface area contributed by atoms with Crippen molar-refractivity contribution in [3.63, 3.8) is 0 Å². The molecule has 3 aromatic rings. The van der Waals surface area contributed by atoms with Crippen molar-refractivity contribution in [1.29, 1.82) is 0 Å². The molecule has 0 fully saturated rings. The second-order valence-electron chi connectivity index (χ2n) is 6.28. The van der Waals surface area contributed by atoms with Crippen molar-refractivity contribution in [3.8, 4) is 22.8 Å². The van der Waals surface area contributed by atoms with E-state index in [1.807, 2.05) is 26.0 Å². The first-order valence-corrected chi connectivity index (χ1v) is 9.79. The number of nitrogens with zero attached hydrogens (tertiary/aromatic N) is 2. The Balaban J connectivity index is 1.86. The van der Waals surface area contributed by atoms with Gasteiger partial charge < -0.3 is 14.8 Å². The fraction of sp³-hybridized carbons (Fsp3) is 0.286. The van der Waals surface area contributed by atoms with Crippen LogP contribution >= 0.6 is 11.6 Å². The van der Waals surface area contributed by atoms with Crippen LogP contribution in [0.3, 0.4) is 0 Å². The summed E-state index contributed by atoms with van der Waals surface area (Å²) in [5, 5.41) is 10.9. The summed E-state index contributed by atoms with van der Waals surface area (Å²) >= 11 is 5.96. The molecular formula is C21H22ClN3O4. The molecule has 0 unspecified atom stereocenters.